The molecule has 0 aliphatic carbocycles. The van der Waals surface area contributed by atoms with Crippen LogP contribution in [-0.2, 0) is 29.3 Å². The summed E-state index contributed by atoms with van der Waals surface area (Å²) in [6, 6.07) is 7.52. The van der Waals surface area contributed by atoms with Crippen molar-refractivity contribution >= 4 is 29.4 Å². The molecule has 0 atom stereocenters. The molecule has 3 amide bonds. The summed E-state index contributed by atoms with van der Waals surface area (Å²) in [5, 5.41) is 2.68. The minimum absolute atomic E-state index is 0.00546. The van der Waals surface area contributed by atoms with Crippen molar-refractivity contribution in [3.05, 3.63) is 29.8 Å². The summed E-state index contributed by atoms with van der Waals surface area (Å²) >= 11 is 0. The normalized spacial score (nSPS) is 14.3. The molecule has 2 rings (SSSR count). The van der Waals surface area contributed by atoms with Gasteiger partial charge in [-0.05, 0) is 23.1 Å². The van der Waals surface area contributed by atoms with Gasteiger partial charge in [0.15, 0.2) is 6.61 Å². The highest BCUT2D eigenvalue weighted by Crippen LogP contribution is 2.23. The number of ether oxygens (including phenoxy) is 1. The Hall–Kier alpha value is -2.90. The molecule has 164 valence electrons. The van der Waals surface area contributed by atoms with Crippen molar-refractivity contribution in [2.24, 2.45) is 0 Å². The molecule has 8 heteroatoms. The molecule has 8 nitrogen and oxygen atoms in total. The Bertz CT molecular complexity index is 775. The van der Waals surface area contributed by atoms with Gasteiger partial charge in [-0.1, -0.05) is 32.9 Å². The molecular weight excluding hydrogens is 386 g/mol. The second-order valence-electron chi connectivity index (χ2n) is 8.42. The van der Waals surface area contributed by atoms with E-state index in [4.69, 9.17) is 4.74 Å². The highest BCUT2D eigenvalue weighted by Gasteiger charge is 2.23. The zero-order chi connectivity index (χ0) is 22.3. The van der Waals surface area contributed by atoms with Crippen molar-refractivity contribution in [3.8, 4) is 0 Å². The van der Waals surface area contributed by atoms with Crippen LogP contribution < -0.4 is 5.32 Å². The molecule has 1 heterocycles. The maximum Gasteiger partial charge on any atom is 0.306 e. The zero-order valence-electron chi connectivity index (χ0n) is 18.2. The number of carbonyl (C=O) groups is 4. The van der Waals surface area contributed by atoms with Crippen molar-refractivity contribution in [2.75, 3.05) is 38.1 Å². The van der Waals surface area contributed by atoms with Gasteiger partial charge in [0.05, 0.1) is 6.42 Å². The SMILES string of the molecule is CC(=O)N1CCN(C(=O)CCC(=O)OCC(=O)Nc2ccc(C(C)(C)C)cc2)CC1. The van der Waals surface area contributed by atoms with Crippen LogP contribution >= 0.6 is 0 Å². The summed E-state index contributed by atoms with van der Waals surface area (Å²) in [6.45, 7) is 9.36. The van der Waals surface area contributed by atoms with Crippen LogP contribution in [0.1, 0.15) is 46.1 Å². The number of amides is 3. The zero-order valence-corrected chi connectivity index (χ0v) is 18.2. The van der Waals surface area contributed by atoms with Crippen LogP contribution in [0.4, 0.5) is 5.69 Å². The lowest BCUT2D eigenvalue weighted by Gasteiger charge is -2.34. The van der Waals surface area contributed by atoms with Gasteiger partial charge in [0.1, 0.15) is 0 Å². The lowest BCUT2D eigenvalue weighted by molar-refractivity contribution is -0.149. The molecule has 30 heavy (non-hydrogen) atoms. The Balaban J connectivity index is 1.67. The number of nitrogens with zero attached hydrogens (tertiary/aromatic N) is 2. The van der Waals surface area contributed by atoms with Crippen molar-refractivity contribution in [3.63, 3.8) is 0 Å². The van der Waals surface area contributed by atoms with Gasteiger partial charge in [-0.2, -0.15) is 0 Å². The number of hydrogen-bond acceptors (Lipinski definition) is 5. The summed E-state index contributed by atoms with van der Waals surface area (Å²) < 4.78 is 4.97. The Kier molecular flexibility index (Phi) is 7.97. The number of piperazine rings is 1. The summed E-state index contributed by atoms with van der Waals surface area (Å²) in [5.41, 5.74) is 1.81. The van der Waals surface area contributed by atoms with Crippen LogP contribution in [0.25, 0.3) is 0 Å². The summed E-state index contributed by atoms with van der Waals surface area (Å²) in [4.78, 5) is 50.7. The molecule has 1 aromatic carbocycles. The number of hydrogen-bond donors (Lipinski definition) is 1. The predicted molar refractivity (Wildman–Crippen MR) is 113 cm³/mol. The average Bonchev–Trinajstić information content (AvgIpc) is 2.70. The Morgan fingerprint density at radius 1 is 0.933 bits per heavy atom. The highest BCUT2D eigenvalue weighted by molar-refractivity contribution is 5.93. The monoisotopic (exact) mass is 417 g/mol. The largest absolute Gasteiger partial charge is 0.456 e. The number of nitrogens with one attached hydrogen (secondary N) is 1. The Morgan fingerprint density at radius 2 is 1.50 bits per heavy atom. The molecule has 0 radical (unpaired) electrons. The van der Waals surface area contributed by atoms with E-state index in [2.05, 4.69) is 26.1 Å². The van der Waals surface area contributed by atoms with Crippen molar-refractivity contribution in [1.82, 2.24) is 9.80 Å². The molecular formula is C22H31N3O5. The second-order valence-corrected chi connectivity index (χ2v) is 8.42. The van der Waals surface area contributed by atoms with Gasteiger partial charge in [-0.25, -0.2) is 0 Å². The summed E-state index contributed by atoms with van der Waals surface area (Å²) in [6.07, 6.45) is -0.0614. The first-order chi connectivity index (χ1) is 14.1. The van der Waals surface area contributed by atoms with Crippen LogP contribution in [0.15, 0.2) is 24.3 Å². The molecule has 0 unspecified atom stereocenters. The Labute approximate surface area is 177 Å². The second kappa shape index (κ2) is 10.2. The number of carbonyl (C=O) groups excluding carboxylic acids is 4. The number of esters is 1. The fourth-order valence-corrected chi connectivity index (χ4v) is 3.11. The third-order valence-electron chi connectivity index (χ3n) is 5.02. The van der Waals surface area contributed by atoms with E-state index in [0.29, 0.717) is 31.9 Å². The molecule has 1 aliphatic heterocycles. The van der Waals surface area contributed by atoms with Crippen LogP contribution in [0, 0.1) is 0 Å². The molecule has 1 aliphatic rings. The van der Waals surface area contributed by atoms with Crippen molar-refractivity contribution in [2.45, 2.75) is 46.0 Å². The summed E-state index contributed by atoms with van der Waals surface area (Å²) in [5.74, 6) is -1.19. The van der Waals surface area contributed by atoms with Gasteiger partial charge in [-0.15, -0.1) is 0 Å². The van der Waals surface area contributed by atoms with E-state index in [9.17, 15) is 19.2 Å². The first-order valence-electron chi connectivity index (χ1n) is 10.2. The topological polar surface area (TPSA) is 96.0 Å². The molecule has 1 N–H and O–H groups in total. The fourth-order valence-electron chi connectivity index (χ4n) is 3.11. The lowest BCUT2D eigenvalue weighted by Crippen LogP contribution is -2.50. The van der Waals surface area contributed by atoms with E-state index in [1.165, 1.54) is 6.92 Å². The van der Waals surface area contributed by atoms with E-state index < -0.39 is 18.5 Å². The van der Waals surface area contributed by atoms with Gasteiger partial charge in [0, 0.05) is 45.2 Å². The lowest BCUT2D eigenvalue weighted by atomic mass is 9.87. The standard InChI is InChI=1S/C22H31N3O5/c1-16(26)24-11-13-25(14-12-24)20(28)9-10-21(29)30-15-19(27)23-18-7-5-17(6-8-18)22(2,3)4/h5-8H,9-15H2,1-4H3,(H,23,27). The number of anilines is 1. The fraction of sp³-hybridized carbons (Fsp3) is 0.545. The first-order valence-corrected chi connectivity index (χ1v) is 10.2. The van der Waals surface area contributed by atoms with Crippen molar-refractivity contribution < 1.29 is 23.9 Å². The Morgan fingerprint density at radius 3 is 2.03 bits per heavy atom. The third-order valence-corrected chi connectivity index (χ3v) is 5.02. The maximum absolute atomic E-state index is 12.2. The van der Waals surface area contributed by atoms with E-state index >= 15 is 0 Å². The molecule has 0 spiro atoms. The van der Waals surface area contributed by atoms with Crippen LogP contribution in [0.2, 0.25) is 0 Å². The highest BCUT2D eigenvalue weighted by atomic mass is 16.5. The quantitative estimate of drug-likeness (QED) is 0.714. The van der Waals surface area contributed by atoms with E-state index in [-0.39, 0.29) is 30.1 Å². The van der Waals surface area contributed by atoms with Crippen LogP contribution in [-0.4, -0.2) is 66.3 Å². The molecule has 0 aromatic heterocycles. The predicted octanol–water partition coefficient (Wildman–Crippen LogP) is 1.94. The molecule has 1 aromatic rings. The van der Waals surface area contributed by atoms with Crippen LogP contribution in [0.5, 0.6) is 0 Å². The van der Waals surface area contributed by atoms with E-state index in [1.54, 1.807) is 9.80 Å². The van der Waals surface area contributed by atoms with Gasteiger partial charge in [-0.3, -0.25) is 19.2 Å². The van der Waals surface area contributed by atoms with Gasteiger partial charge >= 0.3 is 5.97 Å². The van der Waals surface area contributed by atoms with Crippen molar-refractivity contribution in [1.29, 1.82) is 0 Å². The van der Waals surface area contributed by atoms with E-state index in [0.717, 1.165) is 5.56 Å². The molecule has 0 bridgehead atoms. The minimum Gasteiger partial charge on any atom is -0.456 e. The van der Waals surface area contributed by atoms with Crippen LogP contribution in [0.3, 0.4) is 0 Å². The first kappa shape index (κ1) is 23.4. The smallest absolute Gasteiger partial charge is 0.306 e. The maximum atomic E-state index is 12.2. The number of benzene rings is 1. The average molecular weight is 418 g/mol. The number of rotatable bonds is 6. The molecule has 1 fully saturated rings. The van der Waals surface area contributed by atoms with Gasteiger partial charge in [0.2, 0.25) is 11.8 Å². The van der Waals surface area contributed by atoms with Gasteiger partial charge < -0.3 is 19.9 Å². The summed E-state index contributed by atoms with van der Waals surface area (Å²) in [7, 11) is 0. The van der Waals surface area contributed by atoms with Gasteiger partial charge in [0.25, 0.3) is 5.91 Å². The minimum atomic E-state index is -0.594. The molecule has 1 saturated heterocycles. The molecule has 0 saturated carbocycles. The van der Waals surface area contributed by atoms with E-state index in [1.807, 2.05) is 24.3 Å². The third kappa shape index (κ3) is 7.17.